The topological polar surface area (TPSA) is 200 Å². The van der Waals surface area contributed by atoms with Crippen LogP contribution in [-0.2, 0) is 95.8 Å². The lowest BCUT2D eigenvalue weighted by molar-refractivity contribution is -0.170. The summed E-state index contributed by atoms with van der Waals surface area (Å²) in [5, 5.41) is 0. The number of amides is 2. The van der Waals surface area contributed by atoms with E-state index in [1.165, 1.54) is 111 Å². The molecule has 6 aliphatic carbocycles. The van der Waals surface area contributed by atoms with E-state index in [1.54, 1.807) is 12.0 Å². The van der Waals surface area contributed by atoms with Crippen LogP contribution in [0.15, 0.2) is 176 Å². The van der Waals surface area contributed by atoms with Gasteiger partial charge in [0.05, 0.1) is 7.11 Å². The van der Waals surface area contributed by atoms with Crippen molar-refractivity contribution < 1.29 is 71.5 Å². The standard InChI is InChI=1S/2C19H28O2.C18H20O3.C17H26O2.C16H25NO2.C15H22O2.C10H19NO2/c1-16(2)19(14-7-4-8-15-19)21-18(20)13-9-12-17-10-5-3-6-11-17;1-19(2,17-13-7-4-8-14-17)21-18(20)15-9-12-16-10-5-3-6-11-16;1-20-17-12-10-16(11-13-17)14-21-18(19)9-5-8-15-6-3-2-4-7-15;1-4-17(5-2,6-3)19-16(18)14-10-13-15-11-8-7-9-12-15;18-15(17-4-2-1-3-5-17)19-16-9-12-6-13(10-16)8-14(7-12)11-16;1-4-15(2,3)17-14(16)12-8-11-13-9-6-5-7-10-13;1-10(2,3)13-9(12)11-7-5-4-6-8-11/h3,5-6,10-11,16H,4,7-9,12-15H2,1-2H3;3,5-6,10-11,17H,4,7-9,12-15H2,1-2H3;2-4,6-7,10-13H,5,8-9,14H2,1H3;7-9,11-12H,4-6,10,13-14H2,1-3H3;12-14H,1-11H2;5-7,9-10H,4,8,11-12H2,1-3H3;4-8H2,1-3H3. The number of piperidine rings is 2. The summed E-state index contributed by atoms with van der Waals surface area (Å²) < 4.78 is 44.5. The first-order valence-electron chi connectivity index (χ1n) is 50.7. The third-order valence-electron chi connectivity index (χ3n) is 27.5. The first-order valence-corrected chi connectivity index (χ1v) is 50.7. The Morgan fingerprint density at radius 1 is 0.374 bits per heavy atom. The van der Waals surface area contributed by atoms with Crippen molar-refractivity contribution in [1.29, 1.82) is 0 Å². The monoisotopic (exact) mass is 1810 g/mol. The molecule has 6 saturated carbocycles. The van der Waals surface area contributed by atoms with Crippen LogP contribution in [0.3, 0.4) is 0 Å². The van der Waals surface area contributed by atoms with Gasteiger partial charge in [0.1, 0.15) is 46.0 Å². The van der Waals surface area contributed by atoms with E-state index < -0.39 is 0 Å². The molecule has 131 heavy (non-hydrogen) atoms. The Morgan fingerprint density at radius 3 is 1.09 bits per heavy atom. The van der Waals surface area contributed by atoms with Gasteiger partial charge in [0.2, 0.25) is 0 Å². The number of esters is 5. The van der Waals surface area contributed by atoms with Gasteiger partial charge in [0.15, 0.2) is 0 Å². The van der Waals surface area contributed by atoms with Crippen LogP contribution in [0.25, 0.3) is 0 Å². The van der Waals surface area contributed by atoms with Crippen LogP contribution in [0, 0.1) is 29.6 Å². The third-order valence-corrected chi connectivity index (χ3v) is 27.5. The first-order chi connectivity index (χ1) is 62.9. The molecular formula is C114H168N2O15. The minimum absolute atomic E-state index is 0.0124. The minimum Gasteiger partial charge on any atom is -0.497 e. The molecular weight excluding hydrogens is 1640 g/mol. The summed E-state index contributed by atoms with van der Waals surface area (Å²) in [6.45, 7) is 30.2. The van der Waals surface area contributed by atoms with Crippen molar-refractivity contribution in [1.82, 2.24) is 9.80 Å². The molecule has 2 amide bonds. The van der Waals surface area contributed by atoms with Crippen LogP contribution in [-0.4, -0.2) is 119 Å². The lowest BCUT2D eigenvalue weighted by Crippen LogP contribution is -2.54. The number of hydrogen-bond acceptors (Lipinski definition) is 15. The molecule has 0 unspecified atom stereocenters. The molecule has 0 atom stereocenters. The molecule has 4 bridgehead atoms. The predicted molar refractivity (Wildman–Crippen MR) is 528 cm³/mol. The highest BCUT2D eigenvalue weighted by molar-refractivity contribution is 5.72. The number of rotatable bonds is 34. The first kappa shape index (κ1) is 109. The molecule has 17 heteroatoms. The minimum atomic E-state index is -0.367. The smallest absolute Gasteiger partial charge is 0.410 e. The molecule has 0 spiro atoms. The van der Waals surface area contributed by atoms with Crippen LogP contribution >= 0.6 is 0 Å². The zero-order valence-electron chi connectivity index (χ0n) is 83.2. The van der Waals surface area contributed by atoms with Crippen molar-refractivity contribution in [2.24, 2.45) is 29.6 Å². The molecule has 2 aliphatic heterocycles. The maximum Gasteiger partial charge on any atom is 0.410 e. The Kier molecular flexibility index (Phi) is 48.5. The lowest BCUT2D eigenvalue weighted by Gasteiger charge is -2.55. The van der Waals surface area contributed by atoms with Crippen LogP contribution in [0.5, 0.6) is 5.75 Å². The highest BCUT2D eigenvalue weighted by atomic mass is 16.6. The van der Waals surface area contributed by atoms with E-state index in [1.807, 2.05) is 162 Å². The molecule has 724 valence electrons. The van der Waals surface area contributed by atoms with Crippen LogP contribution in [0.1, 0.15) is 355 Å². The molecule has 8 aliphatic rings. The highest BCUT2D eigenvalue weighted by Gasteiger charge is 2.54. The molecule has 17 nitrogen and oxygen atoms in total. The summed E-state index contributed by atoms with van der Waals surface area (Å²) >= 11 is 0. The summed E-state index contributed by atoms with van der Waals surface area (Å²) in [6.07, 6.45) is 41.5. The van der Waals surface area contributed by atoms with Crippen LogP contribution in [0.4, 0.5) is 9.59 Å². The SMILES string of the molecule is CC(C)(C)OC(=O)N1CCCCC1.CC(C)(OC(=O)CCCc1ccccc1)C1CCCCC1.CC(C)C1(OC(=O)CCCc2ccccc2)CCCCC1.CCC(C)(C)OC(=O)CCCc1ccccc1.CCC(CC)(CC)OC(=O)CCCc1ccccc1.COc1ccc(COC(=O)CCCc2ccccc2)cc1.O=C(OC12CC3CC(CC(C3)C1)C2)N1CCCCC1. The summed E-state index contributed by atoms with van der Waals surface area (Å²) in [4.78, 5) is 87.1. The fraction of sp³-hybridized carbons (Fsp3) is 0.623. The van der Waals surface area contributed by atoms with E-state index in [9.17, 15) is 33.6 Å². The lowest BCUT2D eigenvalue weighted by atomic mass is 9.54. The second-order valence-corrected chi connectivity index (χ2v) is 40.2. The number of carbonyl (C=O) groups is 7. The number of aryl methyl sites for hydroxylation is 5. The average molecular weight is 1810 g/mol. The molecule has 14 rings (SSSR count). The molecule has 2 heterocycles. The van der Waals surface area contributed by atoms with Gasteiger partial charge in [-0.15, -0.1) is 0 Å². The van der Waals surface area contributed by atoms with Gasteiger partial charge in [-0.25, -0.2) is 9.59 Å². The van der Waals surface area contributed by atoms with Crippen molar-refractivity contribution in [3.63, 3.8) is 0 Å². The second-order valence-electron chi connectivity index (χ2n) is 40.2. The normalized spacial score (nSPS) is 18.5. The van der Waals surface area contributed by atoms with Crippen LogP contribution < -0.4 is 4.74 Å². The van der Waals surface area contributed by atoms with Gasteiger partial charge in [-0.2, -0.15) is 0 Å². The van der Waals surface area contributed by atoms with E-state index in [0.29, 0.717) is 50.5 Å². The number of nitrogens with zero attached hydrogens (tertiary/aromatic N) is 2. The molecule has 0 radical (unpaired) electrons. The maximum atomic E-state index is 12.4. The van der Waals surface area contributed by atoms with Crippen molar-refractivity contribution in [2.75, 3.05) is 33.3 Å². The average Bonchev–Trinajstić information content (AvgIpc) is 0.746. The van der Waals surface area contributed by atoms with E-state index >= 15 is 0 Å². The van der Waals surface area contributed by atoms with Crippen LogP contribution in [0.2, 0.25) is 0 Å². The summed E-state index contributed by atoms with van der Waals surface area (Å²) in [5.74, 6) is 3.94. The fourth-order valence-corrected chi connectivity index (χ4v) is 19.4. The van der Waals surface area contributed by atoms with Crippen molar-refractivity contribution in [3.05, 3.63) is 209 Å². The third kappa shape index (κ3) is 42.4. The largest absolute Gasteiger partial charge is 0.497 e. The maximum absolute atomic E-state index is 12.4. The van der Waals surface area contributed by atoms with Gasteiger partial charge in [-0.05, 0) is 329 Å². The number of likely N-dealkylation sites (tertiary alicyclic amines) is 2. The van der Waals surface area contributed by atoms with Gasteiger partial charge in [-0.1, -0.05) is 231 Å². The molecule has 2 saturated heterocycles. The quantitative estimate of drug-likeness (QED) is 0.0273. The molecule has 0 N–H and O–H groups in total. The van der Waals surface area contributed by atoms with E-state index in [2.05, 4.69) is 109 Å². The summed E-state index contributed by atoms with van der Waals surface area (Å²) in [7, 11) is 1.63. The van der Waals surface area contributed by atoms with Gasteiger partial charge in [-0.3, -0.25) is 24.0 Å². The van der Waals surface area contributed by atoms with Gasteiger partial charge < -0.3 is 47.7 Å². The predicted octanol–water partition coefficient (Wildman–Crippen LogP) is 27.8. The van der Waals surface area contributed by atoms with Gasteiger partial charge >= 0.3 is 42.0 Å². The molecule has 6 aromatic carbocycles. The fourth-order valence-electron chi connectivity index (χ4n) is 19.4. The van der Waals surface area contributed by atoms with E-state index in [0.717, 1.165) is 203 Å². The number of benzene rings is 6. The van der Waals surface area contributed by atoms with Gasteiger partial charge in [0.25, 0.3) is 0 Å². The Labute approximate surface area is 790 Å². The number of methoxy groups -OCH3 is 1. The van der Waals surface area contributed by atoms with E-state index in [4.69, 9.17) is 37.9 Å². The Balaban J connectivity index is 0.000000210. The van der Waals surface area contributed by atoms with Crippen molar-refractivity contribution in [3.8, 4) is 5.75 Å². The van der Waals surface area contributed by atoms with Crippen molar-refractivity contribution >= 4 is 42.0 Å². The zero-order valence-corrected chi connectivity index (χ0v) is 83.2. The zero-order chi connectivity index (χ0) is 94.8. The highest BCUT2D eigenvalue weighted by Crippen LogP contribution is 2.57. The number of hydrogen-bond donors (Lipinski definition) is 0. The van der Waals surface area contributed by atoms with E-state index in [-0.39, 0.29) is 75.6 Å². The Morgan fingerprint density at radius 2 is 0.725 bits per heavy atom. The van der Waals surface area contributed by atoms with Gasteiger partial charge in [0, 0.05) is 58.3 Å². The second kappa shape index (κ2) is 58.2. The number of carbonyl (C=O) groups excluding carboxylic acids is 7. The molecule has 0 aromatic heterocycles. The van der Waals surface area contributed by atoms with Crippen molar-refractivity contribution in [2.45, 2.75) is 393 Å². The Bertz CT molecular complexity index is 4110. The Hall–Kier alpha value is -8.99. The molecule has 8 fully saturated rings. The summed E-state index contributed by atoms with van der Waals surface area (Å²) in [5.41, 5.74) is 5.85. The summed E-state index contributed by atoms with van der Waals surface area (Å²) in [6, 6.07) is 58.8. The molecule has 6 aromatic rings. The number of ether oxygens (including phenoxy) is 8.